The molecule has 0 radical (unpaired) electrons. The van der Waals surface area contributed by atoms with E-state index in [1.807, 2.05) is 0 Å². The molecule has 2 unspecified atom stereocenters. The van der Waals surface area contributed by atoms with Crippen LogP contribution in [0.5, 0.6) is 0 Å². The Labute approximate surface area is 110 Å². The van der Waals surface area contributed by atoms with E-state index >= 15 is 0 Å². The molecule has 0 aromatic heterocycles. The summed E-state index contributed by atoms with van der Waals surface area (Å²) in [4.78, 5) is 0. The van der Waals surface area contributed by atoms with Gasteiger partial charge < -0.3 is 5.32 Å². The van der Waals surface area contributed by atoms with Crippen LogP contribution in [0.25, 0.3) is 0 Å². The first-order valence-electron chi connectivity index (χ1n) is 7.65. The van der Waals surface area contributed by atoms with Gasteiger partial charge in [0.2, 0.25) is 0 Å². The summed E-state index contributed by atoms with van der Waals surface area (Å²) >= 11 is 0. The van der Waals surface area contributed by atoms with Gasteiger partial charge in [-0.3, -0.25) is 0 Å². The van der Waals surface area contributed by atoms with Crippen LogP contribution in [0.15, 0.2) is 0 Å². The van der Waals surface area contributed by atoms with E-state index in [-0.39, 0.29) is 0 Å². The van der Waals surface area contributed by atoms with E-state index in [4.69, 9.17) is 0 Å². The van der Waals surface area contributed by atoms with E-state index in [1.165, 1.54) is 38.5 Å². The monoisotopic (exact) mass is 241 g/mol. The average molecular weight is 241 g/mol. The minimum atomic E-state index is 0.392. The smallest absolute Gasteiger partial charge is 0.0116 e. The van der Waals surface area contributed by atoms with Gasteiger partial charge in [-0.1, -0.05) is 67.2 Å². The largest absolute Gasteiger partial charge is 0.313 e. The van der Waals surface area contributed by atoms with Gasteiger partial charge in [-0.15, -0.1) is 0 Å². The Morgan fingerprint density at radius 1 is 0.941 bits per heavy atom. The molecule has 0 rings (SSSR count). The number of hydrogen-bond acceptors (Lipinski definition) is 1. The molecule has 0 aromatic rings. The van der Waals surface area contributed by atoms with Crippen LogP contribution in [-0.2, 0) is 0 Å². The SMILES string of the molecule is CCCNC(CCCC(C)CCC)C(C)(C)C. The van der Waals surface area contributed by atoms with Crippen LogP contribution in [0.2, 0.25) is 0 Å². The standard InChI is InChI=1S/C16H35N/c1-7-10-14(3)11-9-12-15(16(4,5)6)17-13-8-2/h14-15,17H,7-13H2,1-6H3. The van der Waals surface area contributed by atoms with Crippen molar-refractivity contribution >= 4 is 0 Å². The third-order valence-electron chi connectivity index (χ3n) is 3.66. The summed E-state index contributed by atoms with van der Waals surface area (Å²) in [5, 5.41) is 3.72. The Balaban J connectivity index is 3.91. The summed E-state index contributed by atoms with van der Waals surface area (Å²) in [6.07, 6.45) is 8.06. The van der Waals surface area contributed by atoms with Gasteiger partial charge in [-0.05, 0) is 30.7 Å². The van der Waals surface area contributed by atoms with E-state index in [0.717, 1.165) is 12.5 Å². The van der Waals surface area contributed by atoms with Crippen molar-refractivity contribution in [1.82, 2.24) is 5.32 Å². The second kappa shape index (κ2) is 8.97. The third kappa shape index (κ3) is 8.65. The first-order valence-corrected chi connectivity index (χ1v) is 7.65. The summed E-state index contributed by atoms with van der Waals surface area (Å²) in [5.74, 6) is 0.909. The van der Waals surface area contributed by atoms with Gasteiger partial charge in [0.25, 0.3) is 0 Å². The van der Waals surface area contributed by atoms with Crippen molar-refractivity contribution in [2.24, 2.45) is 11.3 Å². The summed E-state index contributed by atoms with van der Waals surface area (Å²) < 4.78 is 0. The maximum atomic E-state index is 3.72. The van der Waals surface area contributed by atoms with Gasteiger partial charge in [0.1, 0.15) is 0 Å². The van der Waals surface area contributed by atoms with E-state index in [9.17, 15) is 0 Å². The van der Waals surface area contributed by atoms with Crippen molar-refractivity contribution in [3.63, 3.8) is 0 Å². The molecule has 0 aliphatic carbocycles. The molecule has 0 amide bonds. The van der Waals surface area contributed by atoms with Crippen molar-refractivity contribution in [3.05, 3.63) is 0 Å². The lowest BCUT2D eigenvalue weighted by atomic mass is 9.83. The van der Waals surface area contributed by atoms with Gasteiger partial charge >= 0.3 is 0 Å². The molecule has 104 valence electrons. The van der Waals surface area contributed by atoms with Gasteiger partial charge in [0.15, 0.2) is 0 Å². The van der Waals surface area contributed by atoms with E-state index < -0.39 is 0 Å². The molecule has 0 saturated carbocycles. The Kier molecular flexibility index (Phi) is 8.94. The second-order valence-corrected chi connectivity index (χ2v) is 6.70. The average Bonchev–Trinajstić information content (AvgIpc) is 2.21. The minimum Gasteiger partial charge on any atom is -0.313 e. The first-order chi connectivity index (χ1) is 7.91. The van der Waals surface area contributed by atoms with Gasteiger partial charge in [-0.25, -0.2) is 0 Å². The van der Waals surface area contributed by atoms with Gasteiger partial charge in [-0.2, -0.15) is 0 Å². The van der Waals surface area contributed by atoms with Gasteiger partial charge in [0, 0.05) is 6.04 Å². The molecule has 0 aliphatic heterocycles. The Morgan fingerprint density at radius 3 is 2.06 bits per heavy atom. The lowest BCUT2D eigenvalue weighted by molar-refractivity contribution is 0.245. The molecular weight excluding hydrogens is 206 g/mol. The number of hydrogen-bond donors (Lipinski definition) is 1. The molecule has 2 atom stereocenters. The maximum Gasteiger partial charge on any atom is 0.0116 e. The van der Waals surface area contributed by atoms with Crippen molar-refractivity contribution in [3.8, 4) is 0 Å². The maximum absolute atomic E-state index is 3.72. The Bertz CT molecular complexity index is 169. The van der Waals surface area contributed by atoms with Crippen LogP contribution in [-0.4, -0.2) is 12.6 Å². The molecule has 0 spiro atoms. The molecule has 0 aromatic carbocycles. The molecule has 1 nitrogen and oxygen atoms in total. The normalized spacial score (nSPS) is 15.9. The zero-order valence-electron chi connectivity index (χ0n) is 13.1. The minimum absolute atomic E-state index is 0.392. The second-order valence-electron chi connectivity index (χ2n) is 6.70. The molecule has 0 fully saturated rings. The Morgan fingerprint density at radius 2 is 1.59 bits per heavy atom. The fourth-order valence-electron chi connectivity index (χ4n) is 2.47. The lowest BCUT2D eigenvalue weighted by Crippen LogP contribution is -2.40. The van der Waals surface area contributed by atoms with Crippen LogP contribution in [0.1, 0.15) is 80.1 Å². The highest BCUT2D eigenvalue weighted by Crippen LogP contribution is 2.25. The van der Waals surface area contributed by atoms with Crippen LogP contribution >= 0.6 is 0 Å². The Hall–Kier alpha value is -0.0400. The summed E-state index contributed by atoms with van der Waals surface area (Å²) in [6, 6.07) is 0.677. The number of nitrogens with one attached hydrogen (secondary N) is 1. The van der Waals surface area contributed by atoms with Crippen molar-refractivity contribution in [2.75, 3.05) is 6.54 Å². The fourth-order valence-corrected chi connectivity index (χ4v) is 2.47. The van der Waals surface area contributed by atoms with Crippen LogP contribution in [0, 0.1) is 11.3 Å². The quantitative estimate of drug-likeness (QED) is 0.598. The van der Waals surface area contributed by atoms with Crippen molar-refractivity contribution in [1.29, 1.82) is 0 Å². The molecule has 0 saturated heterocycles. The van der Waals surface area contributed by atoms with E-state index in [2.05, 4.69) is 46.9 Å². The fraction of sp³-hybridized carbons (Fsp3) is 1.00. The zero-order chi connectivity index (χ0) is 13.3. The van der Waals surface area contributed by atoms with Crippen LogP contribution < -0.4 is 5.32 Å². The van der Waals surface area contributed by atoms with Crippen molar-refractivity contribution in [2.45, 2.75) is 86.1 Å². The molecule has 0 heterocycles. The highest BCUT2D eigenvalue weighted by atomic mass is 14.9. The molecule has 1 N–H and O–H groups in total. The van der Waals surface area contributed by atoms with E-state index in [1.54, 1.807) is 0 Å². The first kappa shape index (κ1) is 17.0. The predicted molar refractivity (Wildman–Crippen MR) is 79.5 cm³/mol. The predicted octanol–water partition coefficient (Wildman–Crippen LogP) is 5.01. The molecule has 0 aliphatic rings. The highest BCUT2D eigenvalue weighted by Gasteiger charge is 2.23. The summed E-state index contributed by atoms with van der Waals surface area (Å²) in [6.45, 7) is 15.2. The lowest BCUT2D eigenvalue weighted by Gasteiger charge is -2.32. The van der Waals surface area contributed by atoms with Crippen LogP contribution in [0.4, 0.5) is 0 Å². The molecule has 17 heavy (non-hydrogen) atoms. The summed E-state index contributed by atoms with van der Waals surface area (Å²) in [7, 11) is 0. The number of rotatable bonds is 9. The third-order valence-corrected chi connectivity index (χ3v) is 3.66. The highest BCUT2D eigenvalue weighted by molar-refractivity contribution is 4.80. The molecule has 1 heteroatoms. The molecule has 0 bridgehead atoms. The van der Waals surface area contributed by atoms with Gasteiger partial charge in [0.05, 0.1) is 0 Å². The van der Waals surface area contributed by atoms with Crippen LogP contribution in [0.3, 0.4) is 0 Å². The van der Waals surface area contributed by atoms with Crippen molar-refractivity contribution < 1.29 is 0 Å². The topological polar surface area (TPSA) is 12.0 Å². The summed E-state index contributed by atoms with van der Waals surface area (Å²) in [5.41, 5.74) is 0.392. The van der Waals surface area contributed by atoms with E-state index in [0.29, 0.717) is 11.5 Å². The molecular formula is C16H35N. The zero-order valence-corrected chi connectivity index (χ0v) is 13.1.